The van der Waals surface area contributed by atoms with Gasteiger partial charge >= 0.3 is 13.9 Å². The molecule has 16 heteroatoms. The van der Waals surface area contributed by atoms with Gasteiger partial charge in [0, 0.05) is 43.2 Å². The van der Waals surface area contributed by atoms with Crippen LogP contribution in [0.5, 0.6) is 0 Å². The number of anilines is 1. The number of aliphatic imine (C=N–C) groups is 1. The van der Waals surface area contributed by atoms with E-state index in [2.05, 4.69) is 32.2 Å². The van der Waals surface area contributed by atoms with Crippen LogP contribution in [0.3, 0.4) is 0 Å². The quantitative estimate of drug-likeness (QED) is 0.0594. The van der Waals surface area contributed by atoms with Gasteiger partial charge in [-0.25, -0.2) is 23.7 Å². The molecule has 14 nitrogen and oxygen atoms in total. The fourth-order valence-electron chi connectivity index (χ4n) is 4.18. The number of allylic oxidation sites excluding steroid dienone is 2. The number of hydrogen-bond donors (Lipinski definition) is 5. The molecule has 1 saturated heterocycles. The molecule has 2 amide bonds. The lowest BCUT2D eigenvalue weighted by Gasteiger charge is -2.26. The molecule has 2 heterocycles. The number of ether oxygens (including phenoxy) is 3. The van der Waals surface area contributed by atoms with Gasteiger partial charge in [-0.05, 0) is 39.7 Å². The fraction of sp³-hybridized carbons (Fsp3) is 0.519. The Bertz CT molecular complexity index is 1390. The number of benzene rings is 1. The number of imidazole rings is 1. The van der Waals surface area contributed by atoms with Crippen LogP contribution in [0.25, 0.3) is 16.6 Å². The second-order valence-electron chi connectivity index (χ2n) is 9.93. The molecule has 2 atom stereocenters. The van der Waals surface area contributed by atoms with Gasteiger partial charge in [0.25, 0.3) is 0 Å². The number of H-pyrrole nitrogens is 1. The van der Waals surface area contributed by atoms with E-state index < -0.39 is 31.4 Å². The monoisotopic (exact) mass is 626 g/mol. The van der Waals surface area contributed by atoms with Gasteiger partial charge in [0.15, 0.2) is 0 Å². The number of methoxy groups -OCH3 is 1. The molecule has 1 unspecified atom stereocenters. The number of halogens is 1. The van der Waals surface area contributed by atoms with E-state index in [0.717, 1.165) is 6.42 Å². The minimum absolute atomic E-state index is 0.0519. The van der Waals surface area contributed by atoms with Crippen molar-refractivity contribution in [2.75, 3.05) is 52.0 Å². The molecular formula is C27H40FN6O8P. The highest BCUT2D eigenvalue weighted by atomic mass is 31.2. The van der Waals surface area contributed by atoms with Crippen LogP contribution in [0, 0.1) is 5.82 Å². The Balaban J connectivity index is 1.88. The van der Waals surface area contributed by atoms with Crippen LogP contribution in [0.2, 0.25) is 0 Å². The summed E-state index contributed by atoms with van der Waals surface area (Å²) in [6.45, 7) is 9.85. The summed E-state index contributed by atoms with van der Waals surface area (Å²) in [5, 5.41) is 5.21. The predicted molar refractivity (Wildman–Crippen MR) is 160 cm³/mol. The Hall–Kier alpha value is -3.17. The third-order valence-electron chi connectivity index (χ3n) is 6.32. The lowest BCUT2D eigenvalue weighted by Crippen LogP contribution is -2.40. The highest BCUT2D eigenvalue weighted by molar-refractivity contribution is 7.47. The van der Waals surface area contributed by atoms with E-state index in [1.807, 2.05) is 0 Å². The number of hydrogen-bond acceptors (Lipinski definition) is 9. The standard InChI is InChI=1S/C27H40FN6O8P/c1-6-17(16-31-24(29)27(3,4)42-43(36,37)41-14-13-39-12-11-38-5)18-15-19-23(21(22(18)28)20-9-8-10-40-20)33-25(32-19)34-26(35)30-7-2/h6,15-16,20H,1,7-14H2,2-5H3,(H2,29,31)(H,36,37)(H3,30,32,33,34,35)/b17-16+/t20-/m1/s1. The van der Waals surface area contributed by atoms with Gasteiger partial charge in [0.05, 0.1) is 43.6 Å². The lowest BCUT2D eigenvalue weighted by atomic mass is 9.97. The van der Waals surface area contributed by atoms with E-state index in [1.54, 1.807) is 6.92 Å². The second kappa shape index (κ2) is 15.5. The Morgan fingerprint density at radius 1 is 1.40 bits per heavy atom. The molecule has 3 rings (SSSR count). The molecule has 6 N–H and O–H groups in total. The molecule has 1 aromatic heterocycles. The summed E-state index contributed by atoms with van der Waals surface area (Å²) in [7, 11) is -3.01. The number of amidine groups is 1. The van der Waals surface area contributed by atoms with E-state index in [4.69, 9.17) is 29.0 Å². The minimum Gasteiger partial charge on any atom is -0.385 e. The smallest absolute Gasteiger partial charge is 0.385 e. The molecule has 1 aromatic carbocycles. The maximum atomic E-state index is 16.2. The Morgan fingerprint density at radius 3 is 2.79 bits per heavy atom. The van der Waals surface area contributed by atoms with Crippen molar-refractivity contribution >= 4 is 42.2 Å². The van der Waals surface area contributed by atoms with E-state index in [0.29, 0.717) is 43.8 Å². The number of urea groups is 1. The van der Waals surface area contributed by atoms with Gasteiger partial charge in [-0.3, -0.25) is 14.4 Å². The first-order valence-electron chi connectivity index (χ1n) is 13.7. The first-order valence-corrected chi connectivity index (χ1v) is 15.2. The van der Waals surface area contributed by atoms with Crippen LogP contribution < -0.4 is 16.4 Å². The molecule has 43 heavy (non-hydrogen) atoms. The molecule has 1 fully saturated rings. The summed E-state index contributed by atoms with van der Waals surface area (Å²) in [6.07, 6.45) is 3.46. The van der Waals surface area contributed by atoms with E-state index in [1.165, 1.54) is 39.3 Å². The zero-order valence-corrected chi connectivity index (χ0v) is 25.7. The molecule has 0 saturated carbocycles. The fourth-order valence-corrected chi connectivity index (χ4v) is 5.21. The van der Waals surface area contributed by atoms with Crippen LogP contribution >= 0.6 is 7.82 Å². The molecule has 0 bridgehead atoms. The number of fused-ring (bicyclic) bond motifs is 1. The molecule has 0 spiro atoms. The maximum absolute atomic E-state index is 16.2. The van der Waals surface area contributed by atoms with Crippen molar-refractivity contribution in [3.8, 4) is 0 Å². The second-order valence-corrected chi connectivity index (χ2v) is 11.3. The summed E-state index contributed by atoms with van der Waals surface area (Å²) in [4.78, 5) is 33.8. The first kappa shape index (κ1) is 34.3. The van der Waals surface area contributed by atoms with Gasteiger partial charge < -0.3 is 35.1 Å². The summed E-state index contributed by atoms with van der Waals surface area (Å²) < 4.78 is 54.7. The van der Waals surface area contributed by atoms with Crippen molar-refractivity contribution in [1.82, 2.24) is 15.3 Å². The molecule has 2 aromatic rings. The van der Waals surface area contributed by atoms with E-state index in [-0.39, 0.29) is 41.7 Å². The van der Waals surface area contributed by atoms with Crippen molar-refractivity contribution in [2.45, 2.75) is 45.3 Å². The topological polar surface area (TPSA) is 192 Å². The third-order valence-corrected chi connectivity index (χ3v) is 7.51. The maximum Gasteiger partial charge on any atom is 0.473 e. The van der Waals surface area contributed by atoms with Crippen LogP contribution in [0.15, 0.2) is 29.9 Å². The van der Waals surface area contributed by atoms with Gasteiger partial charge in [-0.15, -0.1) is 0 Å². The average molecular weight is 627 g/mol. The molecule has 1 aliphatic rings. The number of rotatable bonds is 16. The van der Waals surface area contributed by atoms with Gasteiger partial charge in [-0.1, -0.05) is 12.7 Å². The zero-order chi connectivity index (χ0) is 31.6. The van der Waals surface area contributed by atoms with Crippen molar-refractivity contribution in [3.63, 3.8) is 0 Å². The van der Waals surface area contributed by atoms with Crippen LogP contribution in [0.4, 0.5) is 15.1 Å². The van der Waals surface area contributed by atoms with Gasteiger partial charge in [0.2, 0.25) is 5.95 Å². The van der Waals surface area contributed by atoms with E-state index in [9.17, 15) is 14.3 Å². The van der Waals surface area contributed by atoms with Crippen LogP contribution in [0.1, 0.15) is 50.8 Å². The number of nitrogens with two attached hydrogens (primary N) is 1. The molecule has 0 aliphatic carbocycles. The summed E-state index contributed by atoms with van der Waals surface area (Å²) in [5.41, 5.74) is 5.97. The third kappa shape index (κ3) is 9.41. The number of amides is 2. The van der Waals surface area contributed by atoms with Crippen molar-refractivity contribution in [2.24, 2.45) is 10.7 Å². The number of phosphoric acid groups is 1. The minimum atomic E-state index is -4.53. The van der Waals surface area contributed by atoms with Crippen molar-refractivity contribution in [3.05, 3.63) is 41.9 Å². The Kier molecular flexibility index (Phi) is 12.4. The van der Waals surface area contributed by atoms with Crippen molar-refractivity contribution in [1.29, 1.82) is 0 Å². The van der Waals surface area contributed by atoms with Crippen molar-refractivity contribution < 1.29 is 41.9 Å². The summed E-state index contributed by atoms with van der Waals surface area (Å²) in [6, 6.07) is 1.06. The van der Waals surface area contributed by atoms with Crippen LogP contribution in [-0.2, 0) is 27.8 Å². The number of phosphoric ester groups is 1. The number of carbonyl (C=O) groups is 1. The van der Waals surface area contributed by atoms with Gasteiger partial charge in [0.1, 0.15) is 17.3 Å². The van der Waals surface area contributed by atoms with E-state index >= 15 is 4.39 Å². The van der Waals surface area contributed by atoms with Crippen LogP contribution in [-0.4, -0.2) is 79.0 Å². The average Bonchev–Trinajstić information content (AvgIpc) is 3.60. The largest absolute Gasteiger partial charge is 0.473 e. The normalized spacial score (nSPS) is 17.7. The number of nitrogens with one attached hydrogen (secondary N) is 3. The predicted octanol–water partition coefficient (Wildman–Crippen LogP) is 4.15. The molecule has 238 valence electrons. The Labute approximate surface area is 249 Å². The number of aromatic amines is 1. The SMILES string of the molecule is C=C/C(=C\N=C(N)C(C)(C)OP(=O)(O)OCCOCCOC)c1cc2[nH]c(NC(=O)NCC)nc2c([C@H]2CCCO2)c1F. The molecular weight excluding hydrogens is 586 g/mol. The summed E-state index contributed by atoms with van der Waals surface area (Å²) >= 11 is 0. The Morgan fingerprint density at radius 2 is 2.14 bits per heavy atom. The highest BCUT2D eigenvalue weighted by Gasteiger charge is 2.35. The lowest BCUT2D eigenvalue weighted by molar-refractivity contribution is 0.0364. The summed E-state index contributed by atoms with van der Waals surface area (Å²) in [5.74, 6) is -0.636. The molecule has 0 radical (unpaired) electrons. The number of aromatic nitrogens is 2. The zero-order valence-electron chi connectivity index (χ0n) is 24.8. The molecule has 1 aliphatic heterocycles. The number of carbonyl (C=O) groups excluding carboxylic acids is 1. The number of nitrogens with zero attached hydrogens (tertiary/aromatic N) is 2. The van der Waals surface area contributed by atoms with Gasteiger partial charge in [-0.2, -0.15) is 0 Å². The first-order chi connectivity index (χ1) is 20.4. The highest BCUT2D eigenvalue weighted by Crippen LogP contribution is 2.47.